The summed E-state index contributed by atoms with van der Waals surface area (Å²) in [6.45, 7) is 9.07. The lowest BCUT2D eigenvalue weighted by molar-refractivity contribution is -0.164. The maximum atomic E-state index is 12.1. The van der Waals surface area contributed by atoms with Crippen molar-refractivity contribution in [2.45, 2.75) is 38.9 Å². The van der Waals surface area contributed by atoms with Crippen molar-refractivity contribution in [3.05, 3.63) is 48.6 Å². The Labute approximate surface area is 114 Å². The lowest BCUT2D eigenvalue weighted by atomic mass is 9.92. The van der Waals surface area contributed by atoms with Gasteiger partial charge in [-0.15, -0.1) is 6.58 Å². The topological polar surface area (TPSA) is 46.5 Å². The number of hydrogen-bond donors (Lipinski definition) is 1. The third-order valence-corrected chi connectivity index (χ3v) is 2.65. The second kappa shape index (κ2) is 6.53. The minimum Gasteiger partial charge on any atom is -0.460 e. The van der Waals surface area contributed by atoms with Crippen LogP contribution in [0.15, 0.2) is 43.0 Å². The Morgan fingerprint density at radius 2 is 1.95 bits per heavy atom. The van der Waals surface area contributed by atoms with Crippen molar-refractivity contribution < 1.29 is 14.6 Å². The second-order valence-corrected chi connectivity index (χ2v) is 5.52. The number of ether oxygens (including phenoxy) is 1. The number of rotatable bonds is 5. The van der Waals surface area contributed by atoms with Gasteiger partial charge in [0.1, 0.15) is 5.60 Å². The fourth-order valence-electron chi connectivity index (χ4n) is 1.79. The molecule has 0 heterocycles. The van der Waals surface area contributed by atoms with Crippen LogP contribution >= 0.6 is 0 Å². The van der Waals surface area contributed by atoms with Crippen LogP contribution in [0.2, 0.25) is 0 Å². The van der Waals surface area contributed by atoms with Gasteiger partial charge in [-0.25, -0.2) is 0 Å². The third-order valence-electron chi connectivity index (χ3n) is 2.65. The maximum Gasteiger partial charge on any atom is 0.312 e. The zero-order chi connectivity index (χ0) is 14.5. The summed E-state index contributed by atoms with van der Waals surface area (Å²) in [5, 5.41) is 10.3. The molecule has 0 saturated carbocycles. The molecular weight excluding hydrogens is 240 g/mol. The van der Waals surface area contributed by atoms with Gasteiger partial charge in [0.25, 0.3) is 0 Å². The van der Waals surface area contributed by atoms with Gasteiger partial charge < -0.3 is 9.84 Å². The molecule has 0 bridgehead atoms. The monoisotopic (exact) mass is 262 g/mol. The number of aliphatic hydroxyl groups excluding tert-OH is 1. The van der Waals surface area contributed by atoms with Gasteiger partial charge >= 0.3 is 5.97 Å². The summed E-state index contributed by atoms with van der Waals surface area (Å²) in [6.07, 6.45) is 1.13. The molecule has 1 N–H and O–H groups in total. The first kappa shape index (κ1) is 15.4. The highest BCUT2D eigenvalue weighted by atomic mass is 16.6. The summed E-state index contributed by atoms with van der Waals surface area (Å²) in [5.41, 5.74) is 0.146. The minimum absolute atomic E-state index is 0.380. The van der Waals surface area contributed by atoms with Crippen molar-refractivity contribution in [2.75, 3.05) is 0 Å². The van der Waals surface area contributed by atoms with Crippen LogP contribution in [0.25, 0.3) is 0 Å². The molecule has 0 aliphatic carbocycles. The predicted octanol–water partition coefficient (Wildman–Crippen LogP) is 3.25. The first-order valence-electron chi connectivity index (χ1n) is 6.42. The molecule has 104 valence electrons. The molecule has 0 amide bonds. The van der Waals surface area contributed by atoms with E-state index in [0.717, 1.165) is 0 Å². The van der Waals surface area contributed by atoms with E-state index in [1.54, 1.807) is 18.2 Å². The molecule has 0 spiro atoms. The molecule has 0 aliphatic rings. The molecular formula is C16H22O3. The summed E-state index contributed by atoms with van der Waals surface area (Å²) in [7, 11) is 0. The lowest BCUT2D eigenvalue weighted by Crippen LogP contribution is -2.31. The number of carbonyl (C=O) groups is 1. The van der Waals surface area contributed by atoms with E-state index in [4.69, 9.17) is 4.74 Å². The molecule has 3 heteroatoms. The maximum absolute atomic E-state index is 12.1. The number of hydrogen-bond acceptors (Lipinski definition) is 3. The zero-order valence-corrected chi connectivity index (χ0v) is 11.8. The van der Waals surface area contributed by atoms with E-state index in [2.05, 4.69) is 6.58 Å². The molecule has 1 aromatic rings. The summed E-state index contributed by atoms with van der Waals surface area (Å²) in [5.74, 6) is -1.03. The average molecular weight is 262 g/mol. The number of carbonyl (C=O) groups excluding carboxylic acids is 1. The zero-order valence-electron chi connectivity index (χ0n) is 11.8. The van der Waals surface area contributed by atoms with Gasteiger partial charge in [0, 0.05) is 0 Å². The summed E-state index contributed by atoms with van der Waals surface area (Å²) < 4.78 is 5.35. The Morgan fingerprint density at radius 3 is 2.42 bits per heavy atom. The summed E-state index contributed by atoms with van der Waals surface area (Å²) in [4.78, 5) is 12.1. The Hall–Kier alpha value is -1.61. The third kappa shape index (κ3) is 4.87. The van der Waals surface area contributed by atoms with Crippen LogP contribution in [0.3, 0.4) is 0 Å². The van der Waals surface area contributed by atoms with Gasteiger partial charge in [-0.05, 0) is 32.8 Å². The van der Waals surface area contributed by atoms with E-state index >= 15 is 0 Å². The largest absolute Gasteiger partial charge is 0.460 e. The fraction of sp³-hybridized carbons (Fsp3) is 0.438. The van der Waals surface area contributed by atoms with Gasteiger partial charge in [0.2, 0.25) is 0 Å². The van der Waals surface area contributed by atoms with E-state index in [1.165, 1.54) is 0 Å². The molecule has 1 rings (SSSR count). The summed E-state index contributed by atoms with van der Waals surface area (Å²) in [6, 6.07) is 9.12. The van der Waals surface area contributed by atoms with Gasteiger partial charge in [-0.3, -0.25) is 4.79 Å². The van der Waals surface area contributed by atoms with Crippen molar-refractivity contribution in [1.82, 2.24) is 0 Å². The first-order valence-corrected chi connectivity index (χ1v) is 6.42. The molecule has 1 aromatic carbocycles. The number of allylic oxidation sites excluding steroid dienone is 1. The highest BCUT2D eigenvalue weighted by Gasteiger charge is 2.31. The quantitative estimate of drug-likeness (QED) is 0.654. The van der Waals surface area contributed by atoms with Gasteiger partial charge in [-0.2, -0.15) is 0 Å². The van der Waals surface area contributed by atoms with Crippen molar-refractivity contribution in [3.8, 4) is 0 Å². The van der Waals surface area contributed by atoms with Gasteiger partial charge in [0.05, 0.1) is 12.0 Å². The lowest BCUT2D eigenvalue weighted by Gasteiger charge is -2.26. The van der Waals surface area contributed by atoms with Crippen molar-refractivity contribution in [1.29, 1.82) is 0 Å². The SMILES string of the molecule is C=CC[C@@H](C(=O)OC(C)(C)C)[C@@H](O)c1ccccc1. The van der Waals surface area contributed by atoms with Crippen LogP contribution in [0.1, 0.15) is 38.9 Å². The van der Waals surface area contributed by atoms with Crippen LogP contribution in [0.4, 0.5) is 0 Å². The Morgan fingerprint density at radius 1 is 1.37 bits per heavy atom. The molecule has 0 aromatic heterocycles. The molecule has 0 aliphatic heterocycles. The van der Waals surface area contributed by atoms with E-state index in [1.807, 2.05) is 39.0 Å². The van der Waals surface area contributed by atoms with Crippen LogP contribution in [0, 0.1) is 5.92 Å². The van der Waals surface area contributed by atoms with Gasteiger partial charge in [-0.1, -0.05) is 36.4 Å². The minimum atomic E-state index is -0.881. The predicted molar refractivity (Wildman–Crippen MR) is 75.6 cm³/mol. The van der Waals surface area contributed by atoms with E-state index in [0.29, 0.717) is 12.0 Å². The number of esters is 1. The van der Waals surface area contributed by atoms with E-state index in [9.17, 15) is 9.90 Å². The van der Waals surface area contributed by atoms with Crippen LogP contribution in [-0.4, -0.2) is 16.7 Å². The second-order valence-electron chi connectivity index (χ2n) is 5.52. The normalized spacial score (nSPS) is 14.5. The standard InChI is InChI=1S/C16H22O3/c1-5-9-13(15(18)19-16(2,3)4)14(17)12-10-7-6-8-11-12/h5-8,10-11,13-14,17H,1,9H2,2-4H3/t13-,14+/m1/s1. The molecule has 0 unspecified atom stereocenters. The fourth-order valence-corrected chi connectivity index (χ4v) is 1.79. The molecule has 3 nitrogen and oxygen atoms in total. The summed E-state index contributed by atoms with van der Waals surface area (Å²) >= 11 is 0. The smallest absolute Gasteiger partial charge is 0.312 e. The molecule has 0 saturated heterocycles. The first-order chi connectivity index (χ1) is 8.85. The average Bonchev–Trinajstić information content (AvgIpc) is 2.34. The Kier molecular flexibility index (Phi) is 5.31. The van der Waals surface area contributed by atoms with Crippen LogP contribution in [-0.2, 0) is 9.53 Å². The van der Waals surface area contributed by atoms with Crippen LogP contribution in [0.5, 0.6) is 0 Å². The van der Waals surface area contributed by atoms with Crippen molar-refractivity contribution >= 4 is 5.97 Å². The molecule has 19 heavy (non-hydrogen) atoms. The number of benzene rings is 1. The Bertz CT molecular complexity index is 417. The van der Waals surface area contributed by atoms with Crippen molar-refractivity contribution in [2.24, 2.45) is 5.92 Å². The van der Waals surface area contributed by atoms with E-state index in [-0.39, 0.29) is 0 Å². The highest BCUT2D eigenvalue weighted by Crippen LogP contribution is 2.27. The van der Waals surface area contributed by atoms with Crippen molar-refractivity contribution in [3.63, 3.8) is 0 Å². The highest BCUT2D eigenvalue weighted by molar-refractivity contribution is 5.74. The molecule has 2 atom stereocenters. The van der Waals surface area contributed by atoms with Crippen LogP contribution < -0.4 is 0 Å². The Balaban J connectivity index is 2.88. The van der Waals surface area contributed by atoms with Gasteiger partial charge in [0.15, 0.2) is 0 Å². The number of aliphatic hydroxyl groups is 1. The molecule has 0 radical (unpaired) electrons. The van der Waals surface area contributed by atoms with E-state index < -0.39 is 23.6 Å². The molecule has 0 fully saturated rings.